The Morgan fingerprint density at radius 3 is 1.25 bits per heavy atom. The predicted octanol–water partition coefficient (Wildman–Crippen LogP) is 5.27. The molecule has 0 amide bonds. The van der Waals surface area contributed by atoms with Crippen LogP contribution in [-0.4, -0.2) is 39.6 Å². The Morgan fingerprint density at radius 1 is 0.650 bits per heavy atom. The SMILES string of the molecule is Br.CCCCCCCCCCCCCN(C)C.CNC. The van der Waals surface area contributed by atoms with Crippen molar-refractivity contribution in [3.8, 4) is 0 Å². The maximum absolute atomic E-state index is 2.75. The Morgan fingerprint density at radius 2 is 0.950 bits per heavy atom. The van der Waals surface area contributed by atoms with Gasteiger partial charge in [-0.2, -0.15) is 0 Å². The second-order valence-corrected chi connectivity index (χ2v) is 5.84. The molecule has 0 aliphatic rings. The minimum absolute atomic E-state index is 0. The molecule has 0 aromatic carbocycles. The van der Waals surface area contributed by atoms with Crippen LogP contribution in [0.4, 0.5) is 0 Å². The zero-order valence-corrected chi connectivity index (χ0v) is 16.6. The van der Waals surface area contributed by atoms with Crippen molar-refractivity contribution in [1.29, 1.82) is 0 Å². The average molecular weight is 353 g/mol. The van der Waals surface area contributed by atoms with Gasteiger partial charge in [0.05, 0.1) is 0 Å². The fraction of sp³-hybridized carbons (Fsp3) is 1.00. The fourth-order valence-corrected chi connectivity index (χ4v) is 2.09. The number of hydrogen-bond acceptors (Lipinski definition) is 2. The number of halogens is 1. The zero-order chi connectivity index (χ0) is 14.8. The van der Waals surface area contributed by atoms with Crippen LogP contribution in [0.15, 0.2) is 0 Å². The van der Waals surface area contributed by atoms with Crippen molar-refractivity contribution in [3.63, 3.8) is 0 Å². The summed E-state index contributed by atoms with van der Waals surface area (Å²) in [7, 11) is 8.08. The lowest BCUT2D eigenvalue weighted by molar-refractivity contribution is 0.389. The highest BCUT2D eigenvalue weighted by molar-refractivity contribution is 8.93. The van der Waals surface area contributed by atoms with Crippen molar-refractivity contribution < 1.29 is 0 Å². The molecule has 0 aliphatic carbocycles. The summed E-state index contributed by atoms with van der Waals surface area (Å²) in [6.45, 7) is 3.55. The average Bonchev–Trinajstić information content (AvgIpc) is 2.36. The van der Waals surface area contributed by atoms with E-state index in [1.807, 2.05) is 14.1 Å². The molecule has 0 unspecified atom stereocenters. The van der Waals surface area contributed by atoms with Crippen LogP contribution in [0.1, 0.15) is 77.6 Å². The van der Waals surface area contributed by atoms with E-state index in [1.54, 1.807) is 0 Å². The van der Waals surface area contributed by atoms with Crippen molar-refractivity contribution in [3.05, 3.63) is 0 Å². The van der Waals surface area contributed by atoms with Crippen LogP contribution >= 0.6 is 17.0 Å². The van der Waals surface area contributed by atoms with E-state index in [0.717, 1.165) is 0 Å². The molecule has 0 atom stereocenters. The first-order valence-corrected chi connectivity index (χ1v) is 8.42. The maximum Gasteiger partial charge on any atom is -0.00248 e. The van der Waals surface area contributed by atoms with Crippen LogP contribution in [0.25, 0.3) is 0 Å². The van der Waals surface area contributed by atoms with E-state index < -0.39 is 0 Å². The summed E-state index contributed by atoms with van der Waals surface area (Å²) < 4.78 is 0. The van der Waals surface area contributed by atoms with Crippen LogP contribution < -0.4 is 5.32 Å². The van der Waals surface area contributed by atoms with Crippen molar-refractivity contribution in [1.82, 2.24) is 10.2 Å². The number of hydrogen-bond donors (Lipinski definition) is 1. The quantitative estimate of drug-likeness (QED) is 0.481. The van der Waals surface area contributed by atoms with Gasteiger partial charge in [-0.15, -0.1) is 17.0 Å². The van der Waals surface area contributed by atoms with Gasteiger partial charge in [-0.25, -0.2) is 0 Å². The number of rotatable bonds is 12. The summed E-state index contributed by atoms with van der Waals surface area (Å²) in [5.41, 5.74) is 0. The number of unbranched alkanes of at least 4 members (excludes halogenated alkanes) is 10. The highest BCUT2D eigenvalue weighted by Crippen LogP contribution is 2.11. The third kappa shape index (κ3) is 31.0. The standard InChI is InChI=1S/C15H33N.C2H7N.BrH/c1-4-5-6-7-8-9-10-11-12-13-14-15-16(2)3;1-3-2;/h4-15H2,1-3H3;3H,1-2H3;1H. The Balaban J connectivity index is -0.000000657. The first-order chi connectivity index (χ1) is 9.18. The molecular formula is C17H41BrN2. The molecule has 0 radical (unpaired) electrons. The van der Waals surface area contributed by atoms with E-state index >= 15 is 0 Å². The Bertz CT molecular complexity index is 141. The molecule has 20 heavy (non-hydrogen) atoms. The summed E-state index contributed by atoms with van der Waals surface area (Å²) in [5.74, 6) is 0. The zero-order valence-electron chi connectivity index (χ0n) is 14.8. The number of nitrogens with zero attached hydrogens (tertiary/aromatic N) is 1. The third-order valence-corrected chi connectivity index (χ3v) is 3.21. The van der Waals surface area contributed by atoms with E-state index in [2.05, 4.69) is 31.2 Å². The summed E-state index contributed by atoms with van der Waals surface area (Å²) in [6, 6.07) is 0. The maximum atomic E-state index is 2.75. The lowest BCUT2D eigenvalue weighted by Crippen LogP contribution is -2.12. The largest absolute Gasteiger partial charge is 0.323 e. The summed E-state index contributed by atoms with van der Waals surface area (Å²) in [6.07, 6.45) is 15.8. The van der Waals surface area contributed by atoms with Crippen LogP contribution in [0, 0.1) is 0 Å². The second-order valence-electron chi connectivity index (χ2n) is 5.84. The van der Waals surface area contributed by atoms with Gasteiger partial charge in [0.2, 0.25) is 0 Å². The second kappa shape index (κ2) is 24.4. The summed E-state index contributed by atoms with van der Waals surface area (Å²) >= 11 is 0. The van der Waals surface area contributed by atoms with E-state index in [0.29, 0.717) is 0 Å². The van der Waals surface area contributed by atoms with Crippen molar-refractivity contribution in [2.45, 2.75) is 77.6 Å². The molecule has 1 N–H and O–H groups in total. The van der Waals surface area contributed by atoms with Crippen molar-refractivity contribution >= 4 is 17.0 Å². The lowest BCUT2D eigenvalue weighted by Gasteiger charge is -2.08. The smallest absolute Gasteiger partial charge is 0.00248 e. The third-order valence-electron chi connectivity index (χ3n) is 3.21. The Hall–Kier alpha value is 0.400. The highest BCUT2D eigenvalue weighted by atomic mass is 79.9. The van der Waals surface area contributed by atoms with Crippen LogP contribution in [0.2, 0.25) is 0 Å². The molecule has 0 saturated heterocycles. The molecule has 0 aliphatic heterocycles. The molecule has 0 rings (SSSR count). The van der Waals surface area contributed by atoms with Gasteiger partial charge in [0, 0.05) is 0 Å². The first kappa shape index (κ1) is 25.4. The summed E-state index contributed by atoms with van der Waals surface area (Å²) in [4.78, 5) is 2.29. The van der Waals surface area contributed by atoms with Gasteiger partial charge >= 0.3 is 0 Å². The molecule has 0 fully saturated rings. The molecule has 126 valence electrons. The minimum atomic E-state index is 0. The van der Waals surface area contributed by atoms with Crippen molar-refractivity contribution in [2.24, 2.45) is 0 Å². The molecule has 0 aromatic rings. The van der Waals surface area contributed by atoms with Gasteiger partial charge in [-0.3, -0.25) is 0 Å². The van der Waals surface area contributed by atoms with Crippen LogP contribution in [-0.2, 0) is 0 Å². The molecular weight excluding hydrogens is 312 g/mol. The van der Waals surface area contributed by atoms with Gasteiger partial charge in [0.15, 0.2) is 0 Å². The summed E-state index contributed by atoms with van der Waals surface area (Å²) in [5, 5.41) is 2.75. The van der Waals surface area contributed by atoms with E-state index in [9.17, 15) is 0 Å². The van der Waals surface area contributed by atoms with E-state index in [-0.39, 0.29) is 17.0 Å². The van der Waals surface area contributed by atoms with Gasteiger partial charge in [0.1, 0.15) is 0 Å². The van der Waals surface area contributed by atoms with E-state index in [1.165, 1.54) is 77.2 Å². The van der Waals surface area contributed by atoms with Gasteiger partial charge in [-0.05, 0) is 41.2 Å². The van der Waals surface area contributed by atoms with Gasteiger partial charge in [0.25, 0.3) is 0 Å². The van der Waals surface area contributed by atoms with Gasteiger partial charge in [-0.1, -0.05) is 71.1 Å². The lowest BCUT2D eigenvalue weighted by atomic mass is 10.1. The number of nitrogens with one attached hydrogen (secondary N) is 1. The Kier molecular flexibility index (Phi) is 31.0. The van der Waals surface area contributed by atoms with Crippen LogP contribution in [0.5, 0.6) is 0 Å². The Labute approximate surface area is 139 Å². The normalized spacial score (nSPS) is 9.90. The fourth-order valence-electron chi connectivity index (χ4n) is 2.09. The predicted molar refractivity (Wildman–Crippen MR) is 100 cm³/mol. The molecule has 2 nitrogen and oxygen atoms in total. The molecule has 0 spiro atoms. The molecule has 0 saturated carbocycles. The molecule has 0 aromatic heterocycles. The molecule has 0 bridgehead atoms. The molecule has 0 heterocycles. The van der Waals surface area contributed by atoms with Gasteiger partial charge < -0.3 is 10.2 Å². The van der Waals surface area contributed by atoms with Crippen LogP contribution in [0.3, 0.4) is 0 Å². The van der Waals surface area contributed by atoms with Crippen molar-refractivity contribution in [2.75, 3.05) is 34.7 Å². The van der Waals surface area contributed by atoms with E-state index in [4.69, 9.17) is 0 Å². The highest BCUT2D eigenvalue weighted by Gasteiger charge is 1.93. The monoisotopic (exact) mass is 352 g/mol. The molecule has 3 heteroatoms. The first-order valence-electron chi connectivity index (χ1n) is 8.42. The minimum Gasteiger partial charge on any atom is -0.323 e. The topological polar surface area (TPSA) is 15.3 Å².